The lowest BCUT2D eigenvalue weighted by atomic mass is 9.96. The van der Waals surface area contributed by atoms with Crippen molar-refractivity contribution in [2.24, 2.45) is 0 Å². The number of nitrogens with zero attached hydrogens (tertiary/aromatic N) is 3. The Kier molecular flexibility index (Phi) is 6.41. The van der Waals surface area contributed by atoms with Gasteiger partial charge < -0.3 is 19.7 Å². The predicted octanol–water partition coefficient (Wildman–Crippen LogP) is 4.83. The van der Waals surface area contributed by atoms with Crippen LogP contribution < -0.4 is 14.8 Å². The summed E-state index contributed by atoms with van der Waals surface area (Å²) in [5.74, 6) is 0.492. The predicted molar refractivity (Wildman–Crippen MR) is 120 cm³/mol. The number of carbonyl (C=O) groups excluding carboxylic acids is 1. The molecule has 0 fully saturated rings. The molecule has 3 aromatic rings. The molecule has 1 aliphatic heterocycles. The van der Waals surface area contributed by atoms with E-state index in [0.29, 0.717) is 23.6 Å². The van der Waals surface area contributed by atoms with Gasteiger partial charge in [0.15, 0.2) is 17.5 Å². The first-order chi connectivity index (χ1) is 16.2. The number of ether oxygens (including phenoxy) is 2. The summed E-state index contributed by atoms with van der Waals surface area (Å²) in [5, 5.41) is 7.06. The molecule has 10 heteroatoms. The first kappa shape index (κ1) is 23.5. The molecule has 4 rings (SSSR count). The Morgan fingerprint density at radius 2 is 1.85 bits per heavy atom. The molecule has 1 aromatic heterocycles. The third-order valence-electron chi connectivity index (χ3n) is 5.89. The van der Waals surface area contributed by atoms with Gasteiger partial charge in [-0.3, -0.25) is 4.79 Å². The van der Waals surface area contributed by atoms with Crippen LogP contribution in [0.5, 0.6) is 11.5 Å². The molecule has 2 aromatic carbocycles. The molecule has 34 heavy (non-hydrogen) atoms. The zero-order valence-corrected chi connectivity index (χ0v) is 19.0. The van der Waals surface area contributed by atoms with Crippen molar-refractivity contribution >= 4 is 11.7 Å². The van der Waals surface area contributed by atoms with Crippen LogP contribution >= 0.6 is 0 Å². The van der Waals surface area contributed by atoms with Gasteiger partial charge in [-0.05, 0) is 23.3 Å². The second-order valence-corrected chi connectivity index (χ2v) is 8.10. The highest BCUT2D eigenvalue weighted by Gasteiger charge is 2.47. The standard InChI is InChI=1S/C24H25F3N4O3/c1-30(14-15-7-5-4-6-8-15)23(32)17-13-28-31-21(24(25,26)27)12-18(29-22(17)31)16-9-10-19(33-2)20(11-16)34-3/h4-11,13,18,21,29H,12,14H2,1-3H3/t18-,21-/m1/s1. The van der Waals surface area contributed by atoms with Crippen LogP contribution in [0.25, 0.3) is 0 Å². The van der Waals surface area contributed by atoms with Crippen molar-refractivity contribution < 1.29 is 27.4 Å². The SMILES string of the molecule is COc1ccc([C@H]2C[C@H](C(F)(F)F)n3ncc(C(=O)N(C)Cc4ccccc4)c3N2)cc1OC. The number of fused-ring (bicyclic) bond motifs is 1. The summed E-state index contributed by atoms with van der Waals surface area (Å²) in [6.45, 7) is 0.312. The minimum absolute atomic E-state index is 0.0401. The van der Waals surface area contributed by atoms with Crippen LogP contribution in [-0.2, 0) is 6.54 Å². The van der Waals surface area contributed by atoms with Crippen LogP contribution in [0.3, 0.4) is 0 Å². The van der Waals surface area contributed by atoms with Crippen molar-refractivity contribution in [1.29, 1.82) is 0 Å². The van der Waals surface area contributed by atoms with Gasteiger partial charge in [-0.1, -0.05) is 36.4 Å². The average molecular weight is 474 g/mol. The van der Waals surface area contributed by atoms with Crippen molar-refractivity contribution in [1.82, 2.24) is 14.7 Å². The van der Waals surface area contributed by atoms with E-state index in [0.717, 1.165) is 10.2 Å². The molecule has 7 nitrogen and oxygen atoms in total. The van der Waals surface area contributed by atoms with Gasteiger partial charge in [-0.15, -0.1) is 0 Å². The maximum absolute atomic E-state index is 14.0. The Hall–Kier alpha value is -3.69. The Bertz CT molecular complexity index is 1160. The maximum atomic E-state index is 14.0. The zero-order chi connectivity index (χ0) is 24.5. The third kappa shape index (κ3) is 4.52. The number of halogens is 3. The van der Waals surface area contributed by atoms with Crippen LogP contribution in [0.15, 0.2) is 54.7 Å². The van der Waals surface area contributed by atoms with E-state index in [-0.39, 0.29) is 17.8 Å². The highest BCUT2D eigenvalue weighted by atomic mass is 19.4. The molecule has 0 radical (unpaired) electrons. The van der Waals surface area contributed by atoms with Crippen LogP contribution in [-0.4, -0.2) is 48.0 Å². The topological polar surface area (TPSA) is 68.6 Å². The number of alkyl halides is 3. The quantitative estimate of drug-likeness (QED) is 0.554. The summed E-state index contributed by atoms with van der Waals surface area (Å²) in [5.41, 5.74) is 1.57. The lowest BCUT2D eigenvalue weighted by Gasteiger charge is -2.34. The van der Waals surface area contributed by atoms with Gasteiger partial charge in [0.25, 0.3) is 5.91 Å². The van der Waals surface area contributed by atoms with Gasteiger partial charge in [0.05, 0.1) is 26.5 Å². The van der Waals surface area contributed by atoms with E-state index in [2.05, 4.69) is 10.4 Å². The first-order valence-electron chi connectivity index (χ1n) is 10.6. The van der Waals surface area contributed by atoms with Gasteiger partial charge in [0, 0.05) is 20.0 Å². The lowest BCUT2D eigenvalue weighted by Crippen LogP contribution is -2.36. The molecular weight excluding hydrogens is 449 g/mol. The molecule has 1 N–H and O–H groups in total. The second kappa shape index (κ2) is 9.28. The fourth-order valence-electron chi connectivity index (χ4n) is 4.14. The molecule has 0 unspecified atom stereocenters. The molecular formula is C24H25F3N4O3. The van der Waals surface area contributed by atoms with E-state index in [1.807, 2.05) is 30.3 Å². The van der Waals surface area contributed by atoms with Crippen molar-refractivity contribution in [2.75, 3.05) is 26.6 Å². The molecule has 0 saturated carbocycles. The minimum atomic E-state index is -4.55. The number of rotatable bonds is 6. The smallest absolute Gasteiger partial charge is 0.410 e. The molecule has 1 amide bonds. The van der Waals surface area contributed by atoms with Crippen LogP contribution in [0, 0.1) is 0 Å². The molecule has 0 spiro atoms. The summed E-state index contributed by atoms with van der Waals surface area (Å²) in [6, 6.07) is 11.7. The van der Waals surface area contributed by atoms with Crippen molar-refractivity contribution in [3.05, 3.63) is 71.4 Å². The van der Waals surface area contributed by atoms with E-state index < -0.39 is 24.2 Å². The molecule has 2 atom stereocenters. The minimum Gasteiger partial charge on any atom is -0.493 e. The average Bonchev–Trinajstić information content (AvgIpc) is 3.26. The van der Waals surface area contributed by atoms with E-state index in [1.165, 1.54) is 25.3 Å². The number of methoxy groups -OCH3 is 2. The summed E-state index contributed by atoms with van der Waals surface area (Å²) < 4.78 is 53.4. The fourth-order valence-corrected chi connectivity index (χ4v) is 4.14. The highest BCUT2D eigenvalue weighted by Crippen LogP contribution is 2.45. The van der Waals surface area contributed by atoms with E-state index in [9.17, 15) is 18.0 Å². The number of nitrogens with one attached hydrogen (secondary N) is 1. The van der Waals surface area contributed by atoms with Crippen LogP contribution in [0.2, 0.25) is 0 Å². The van der Waals surface area contributed by atoms with Crippen molar-refractivity contribution in [2.45, 2.75) is 31.2 Å². The Balaban J connectivity index is 1.68. The number of hydrogen-bond donors (Lipinski definition) is 1. The normalized spacial score (nSPS) is 17.5. The van der Waals surface area contributed by atoms with E-state index in [4.69, 9.17) is 9.47 Å². The van der Waals surface area contributed by atoms with E-state index >= 15 is 0 Å². The second-order valence-electron chi connectivity index (χ2n) is 8.10. The fraction of sp³-hybridized carbons (Fsp3) is 0.333. The number of aromatic nitrogens is 2. The molecule has 0 saturated heterocycles. The molecule has 0 bridgehead atoms. The number of carbonyl (C=O) groups is 1. The molecule has 2 heterocycles. The number of hydrogen-bond acceptors (Lipinski definition) is 5. The van der Waals surface area contributed by atoms with E-state index in [1.54, 1.807) is 25.2 Å². The highest BCUT2D eigenvalue weighted by molar-refractivity contribution is 5.98. The summed E-state index contributed by atoms with van der Waals surface area (Å²) in [4.78, 5) is 14.6. The van der Waals surface area contributed by atoms with Gasteiger partial charge in [0.1, 0.15) is 11.4 Å². The summed E-state index contributed by atoms with van der Waals surface area (Å²) in [7, 11) is 4.55. The maximum Gasteiger partial charge on any atom is 0.410 e. The van der Waals surface area contributed by atoms with Crippen LogP contribution in [0.1, 0.15) is 40.0 Å². The number of benzene rings is 2. The van der Waals surface area contributed by atoms with Gasteiger partial charge in [0.2, 0.25) is 0 Å². The summed E-state index contributed by atoms with van der Waals surface area (Å²) >= 11 is 0. The lowest BCUT2D eigenvalue weighted by molar-refractivity contribution is -0.173. The Morgan fingerprint density at radius 3 is 2.50 bits per heavy atom. The largest absolute Gasteiger partial charge is 0.493 e. The first-order valence-corrected chi connectivity index (χ1v) is 10.6. The van der Waals surface area contributed by atoms with Gasteiger partial charge >= 0.3 is 6.18 Å². The number of amides is 1. The van der Waals surface area contributed by atoms with Gasteiger partial charge in [-0.2, -0.15) is 18.3 Å². The van der Waals surface area contributed by atoms with Crippen LogP contribution in [0.4, 0.5) is 19.0 Å². The number of anilines is 1. The summed E-state index contributed by atoms with van der Waals surface area (Å²) in [6.07, 6.45) is -3.64. The van der Waals surface area contributed by atoms with Crippen molar-refractivity contribution in [3.63, 3.8) is 0 Å². The monoisotopic (exact) mass is 474 g/mol. The third-order valence-corrected chi connectivity index (χ3v) is 5.89. The Labute approximate surface area is 195 Å². The van der Waals surface area contributed by atoms with Gasteiger partial charge in [-0.25, -0.2) is 4.68 Å². The van der Waals surface area contributed by atoms with Crippen molar-refractivity contribution in [3.8, 4) is 11.5 Å². The zero-order valence-electron chi connectivity index (χ0n) is 19.0. The Morgan fingerprint density at radius 1 is 1.15 bits per heavy atom. The molecule has 0 aliphatic carbocycles. The molecule has 180 valence electrons. The molecule has 1 aliphatic rings.